The Hall–Kier alpha value is -1.59. The summed E-state index contributed by atoms with van der Waals surface area (Å²) < 4.78 is 0.602. The molecule has 0 N–H and O–H groups in total. The summed E-state index contributed by atoms with van der Waals surface area (Å²) in [4.78, 5) is 16.0. The van der Waals surface area contributed by atoms with E-state index in [1.54, 1.807) is 7.05 Å². The molecule has 20 heavy (non-hydrogen) atoms. The molecule has 1 aromatic rings. The Kier molecular flexibility index (Phi) is 4.62. The van der Waals surface area contributed by atoms with Gasteiger partial charge in [-0.25, -0.2) is 0 Å². The van der Waals surface area contributed by atoms with Gasteiger partial charge in [0.1, 0.15) is 4.32 Å². The van der Waals surface area contributed by atoms with Crippen molar-refractivity contribution in [3.63, 3.8) is 0 Å². The minimum absolute atomic E-state index is 0.0346. The number of carbonyl (C=O) groups excluding carboxylic acids is 1. The summed E-state index contributed by atoms with van der Waals surface area (Å²) in [6.07, 6.45) is 5.66. The first-order valence-electron chi connectivity index (χ1n) is 6.14. The molecule has 1 aromatic carbocycles. The second-order valence-electron chi connectivity index (χ2n) is 4.61. The molecule has 0 bridgehead atoms. The standard InChI is InChI=1S/C15H16N2OS2/c1-16(2)12-9-7-11(8-10-12)5-4-6-13-14(18)17(3)15(19)20-13/h4-10H,1-3H3/b5-4+,13-6+. The zero-order valence-electron chi connectivity index (χ0n) is 11.7. The number of thioether (sulfide) groups is 1. The van der Waals surface area contributed by atoms with Crippen molar-refractivity contribution in [2.24, 2.45) is 0 Å². The van der Waals surface area contributed by atoms with E-state index in [1.807, 2.05) is 44.5 Å². The first-order valence-corrected chi connectivity index (χ1v) is 7.37. The molecule has 0 aromatic heterocycles. The smallest absolute Gasteiger partial charge is 0.265 e. The van der Waals surface area contributed by atoms with Crippen LogP contribution in [0.3, 0.4) is 0 Å². The van der Waals surface area contributed by atoms with E-state index in [-0.39, 0.29) is 5.91 Å². The summed E-state index contributed by atoms with van der Waals surface area (Å²) in [7, 11) is 5.72. The monoisotopic (exact) mass is 304 g/mol. The van der Waals surface area contributed by atoms with E-state index in [1.165, 1.54) is 16.7 Å². The van der Waals surface area contributed by atoms with Gasteiger partial charge < -0.3 is 4.90 Å². The molecule has 1 fully saturated rings. The van der Waals surface area contributed by atoms with Crippen LogP contribution in [0.2, 0.25) is 0 Å². The van der Waals surface area contributed by atoms with E-state index in [0.717, 1.165) is 11.3 Å². The van der Waals surface area contributed by atoms with Crippen molar-refractivity contribution in [2.75, 3.05) is 26.0 Å². The van der Waals surface area contributed by atoms with Gasteiger partial charge in [0.05, 0.1) is 4.91 Å². The van der Waals surface area contributed by atoms with E-state index < -0.39 is 0 Å². The maximum atomic E-state index is 11.8. The molecule has 1 aliphatic heterocycles. The third-order valence-electron chi connectivity index (χ3n) is 2.93. The highest BCUT2D eigenvalue weighted by molar-refractivity contribution is 8.26. The van der Waals surface area contributed by atoms with Crippen LogP contribution in [0.25, 0.3) is 6.08 Å². The highest BCUT2D eigenvalue weighted by atomic mass is 32.2. The van der Waals surface area contributed by atoms with Crippen LogP contribution in [0.4, 0.5) is 5.69 Å². The van der Waals surface area contributed by atoms with Crippen molar-refractivity contribution < 1.29 is 4.79 Å². The molecule has 5 heteroatoms. The first kappa shape index (κ1) is 14.8. The average Bonchev–Trinajstić information content (AvgIpc) is 2.67. The van der Waals surface area contributed by atoms with Gasteiger partial charge in [0.2, 0.25) is 0 Å². The fourth-order valence-corrected chi connectivity index (χ4v) is 2.82. The topological polar surface area (TPSA) is 23.6 Å². The Morgan fingerprint density at radius 1 is 1.25 bits per heavy atom. The number of amides is 1. The van der Waals surface area contributed by atoms with Gasteiger partial charge in [-0.2, -0.15) is 0 Å². The molecular weight excluding hydrogens is 288 g/mol. The number of carbonyl (C=O) groups is 1. The molecule has 104 valence electrons. The van der Waals surface area contributed by atoms with Gasteiger partial charge in [0, 0.05) is 26.8 Å². The van der Waals surface area contributed by atoms with E-state index in [9.17, 15) is 4.79 Å². The highest BCUT2D eigenvalue weighted by Crippen LogP contribution is 2.29. The number of allylic oxidation sites excluding steroid dienone is 2. The molecule has 1 amide bonds. The number of anilines is 1. The lowest BCUT2D eigenvalue weighted by Crippen LogP contribution is -2.22. The number of likely N-dealkylation sites (N-methyl/N-ethyl adjacent to an activating group) is 1. The third kappa shape index (κ3) is 3.29. The largest absolute Gasteiger partial charge is 0.378 e. The Bertz CT molecular complexity index is 588. The normalized spacial score (nSPS) is 17.6. The van der Waals surface area contributed by atoms with Crippen LogP contribution in [0.5, 0.6) is 0 Å². The minimum atomic E-state index is -0.0346. The van der Waals surface area contributed by atoms with Crippen LogP contribution >= 0.6 is 24.0 Å². The van der Waals surface area contributed by atoms with Crippen LogP contribution in [-0.2, 0) is 4.79 Å². The van der Waals surface area contributed by atoms with Crippen LogP contribution in [0.15, 0.2) is 41.3 Å². The number of benzene rings is 1. The number of nitrogens with zero attached hydrogens (tertiary/aromatic N) is 2. The summed E-state index contributed by atoms with van der Waals surface area (Å²) >= 11 is 6.41. The number of hydrogen-bond donors (Lipinski definition) is 0. The van der Waals surface area contributed by atoms with Crippen molar-refractivity contribution in [2.45, 2.75) is 0 Å². The van der Waals surface area contributed by atoms with Crippen molar-refractivity contribution in [3.05, 3.63) is 46.9 Å². The third-order valence-corrected chi connectivity index (χ3v) is 4.44. The van der Waals surface area contributed by atoms with E-state index in [0.29, 0.717) is 9.23 Å². The Balaban J connectivity index is 2.07. The van der Waals surface area contributed by atoms with Crippen LogP contribution in [-0.4, -0.2) is 36.3 Å². The number of thiocarbonyl (C=S) groups is 1. The van der Waals surface area contributed by atoms with Gasteiger partial charge in [-0.05, 0) is 23.8 Å². The van der Waals surface area contributed by atoms with Gasteiger partial charge in [0.15, 0.2) is 0 Å². The Labute approximate surface area is 128 Å². The van der Waals surface area contributed by atoms with Crippen molar-refractivity contribution in [1.82, 2.24) is 4.90 Å². The molecule has 0 unspecified atom stereocenters. The second kappa shape index (κ2) is 6.24. The van der Waals surface area contributed by atoms with E-state index in [4.69, 9.17) is 12.2 Å². The van der Waals surface area contributed by atoms with E-state index in [2.05, 4.69) is 17.0 Å². The predicted octanol–water partition coefficient (Wildman–Crippen LogP) is 3.14. The molecule has 2 rings (SSSR count). The van der Waals surface area contributed by atoms with Crippen LogP contribution in [0, 0.1) is 0 Å². The molecule has 0 saturated carbocycles. The fourth-order valence-electron chi connectivity index (χ4n) is 1.69. The van der Waals surface area contributed by atoms with Gasteiger partial charge in [-0.1, -0.05) is 48.3 Å². The quantitative estimate of drug-likeness (QED) is 0.632. The molecule has 0 radical (unpaired) electrons. The van der Waals surface area contributed by atoms with Crippen molar-refractivity contribution in [3.8, 4) is 0 Å². The number of hydrogen-bond acceptors (Lipinski definition) is 4. The summed E-state index contributed by atoms with van der Waals surface area (Å²) in [5, 5.41) is 0. The molecule has 1 heterocycles. The Morgan fingerprint density at radius 2 is 1.90 bits per heavy atom. The molecule has 0 spiro atoms. The number of rotatable bonds is 3. The van der Waals surface area contributed by atoms with Crippen LogP contribution in [0.1, 0.15) is 5.56 Å². The average molecular weight is 304 g/mol. The zero-order valence-corrected chi connectivity index (χ0v) is 13.3. The van der Waals surface area contributed by atoms with Gasteiger partial charge in [-0.15, -0.1) is 0 Å². The highest BCUT2D eigenvalue weighted by Gasteiger charge is 2.27. The van der Waals surface area contributed by atoms with Gasteiger partial charge >= 0.3 is 0 Å². The van der Waals surface area contributed by atoms with Gasteiger partial charge in [-0.3, -0.25) is 9.69 Å². The molecular formula is C15H16N2OS2. The Morgan fingerprint density at radius 3 is 2.40 bits per heavy atom. The zero-order chi connectivity index (χ0) is 14.7. The molecule has 0 aliphatic carbocycles. The van der Waals surface area contributed by atoms with Crippen molar-refractivity contribution in [1.29, 1.82) is 0 Å². The lowest BCUT2D eigenvalue weighted by Gasteiger charge is -2.11. The first-order chi connectivity index (χ1) is 9.49. The maximum absolute atomic E-state index is 11.8. The minimum Gasteiger partial charge on any atom is -0.378 e. The second-order valence-corrected chi connectivity index (χ2v) is 6.28. The lowest BCUT2D eigenvalue weighted by molar-refractivity contribution is -0.121. The predicted molar refractivity (Wildman–Crippen MR) is 90.8 cm³/mol. The van der Waals surface area contributed by atoms with E-state index >= 15 is 0 Å². The molecule has 1 saturated heterocycles. The molecule has 0 atom stereocenters. The SMILES string of the molecule is CN1C(=O)/C(=C\C=C\c2ccc(N(C)C)cc2)SC1=S. The summed E-state index contributed by atoms with van der Waals surface area (Å²) in [5.74, 6) is -0.0346. The summed E-state index contributed by atoms with van der Waals surface area (Å²) in [6, 6.07) is 8.21. The maximum Gasteiger partial charge on any atom is 0.265 e. The molecule has 3 nitrogen and oxygen atoms in total. The van der Waals surface area contributed by atoms with Crippen molar-refractivity contribution >= 4 is 46.0 Å². The van der Waals surface area contributed by atoms with Crippen LogP contribution < -0.4 is 4.90 Å². The summed E-state index contributed by atoms with van der Waals surface area (Å²) in [6.45, 7) is 0. The summed E-state index contributed by atoms with van der Waals surface area (Å²) in [5.41, 5.74) is 2.26. The fraction of sp³-hybridized carbons (Fsp3) is 0.200. The lowest BCUT2D eigenvalue weighted by atomic mass is 10.2. The van der Waals surface area contributed by atoms with Gasteiger partial charge in [0.25, 0.3) is 5.91 Å². The molecule has 1 aliphatic rings.